The number of fused-ring (bicyclic) bond motifs is 1. The van der Waals surface area contributed by atoms with Crippen LogP contribution in [0.25, 0.3) is 11.0 Å². The third-order valence-electron chi connectivity index (χ3n) is 3.44. The first-order valence-electron chi connectivity index (χ1n) is 6.99. The van der Waals surface area contributed by atoms with Gasteiger partial charge in [-0.15, -0.1) is 37.0 Å². The number of aromatic hydroxyl groups is 1. The average molecular weight is 349 g/mol. The van der Waals surface area contributed by atoms with E-state index in [1.807, 2.05) is 12.1 Å². The predicted octanol–water partition coefficient (Wildman–Crippen LogP) is 5.44. The molecule has 0 unspecified atom stereocenters. The van der Waals surface area contributed by atoms with Crippen LogP contribution in [0.2, 0.25) is 0 Å². The molecule has 0 fully saturated rings. The zero-order valence-corrected chi connectivity index (χ0v) is 14.4. The van der Waals surface area contributed by atoms with E-state index in [1.54, 1.807) is 17.8 Å². The SMILES string of the molecule is Oc1cc2c(S)c(S)oc2cc1SCCCc1ccccc1. The Kier molecular flexibility index (Phi) is 4.96. The predicted molar refractivity (Wildman–Crippen MR) is 97.9 cm³/mol. The van der Waals surface area contributed by atoms with Crippen molar-refractivity contribution >= 4 is 48.0 Å². The van der Waals surface area contributed by atoms with E-state index in [4.69, 9.17) is 4.42 Å². The van der Waals surface area contributed by atoms with Gasteiger partial charge in [-0.1, -0.05) is 30.3 Å². The first-order valence-corrected chi connectivity index (χ1v) is 8.87. The van der Waals surface area contributed by atoms with Crippen LogP contribution in [-0.4, -0.2) is 10.9 Å². The molecule has 0 bridgehead atoms. The van der Waals surface area contributed by atoms with Gasteiger partial charge in [-0.2, -0.15) is 0 Å². The van der Waals surface area contributed by atoms with E-state index in [0.29, 0.717) is 15.6 Å². The molecule has 0 aliphatic heterocycles. The second kappa shape index (κ2) is 6.94. The van der Waals surface area contributed by atoms with Crippen molar-refractivity contribution in [2.24, 2.45) is 0 Å². The van der Waals surface area contributed by atoms with Crippen LogP contribution in [0.3, 0.4) is 0 Å². The van der Waals surface area contributed by atoms with Gasteiger partial charge < -0.3 is 9.52 Å². The van der Waals surface area contributed by atoms with Crippen molar-refractivity contribution in [1.29, 1.82) is 0 Å². The summed E-state index contributed by atoms with van der Waals surface area (Å²) in [5.41, 5.74) is 2.05. The molecule has 3 aromatic rings. The molecular formula is C17H16O2S3. The van der Waals surface area contributed by atoms with E-state index in [0.717, 1.165) is 28.9 Å². The van der Waals surface area contributed by atoms with Gasteiger partial charge in [0.2, 0.25) is 0 Å². The standard InChI is InChI=1S/C17H16O2S3/c18-13-9-12-14(19-17(21)16(12)20)10-15(13)22-8-4-7-11-5-2-1-3-6-11/h1-3,5-6,9-10,18,20-21H,4,7-8H2. The molecule has 2 aromatic carbocycles. The second-order valence-electron chi connectivity index (χ2n) is 5.01. The van der Waals surface area contributed by atoms with E-state index in [-0.39, 0.29) is 5.75 Å². The van der Waals surface area contributed by atoms with Crippen molar-refractivity contribution in [2.45, 2.75) is 27.7 Å². The minimum Gasteiger partial charge on any atom is -0.507 e. The Morgan fingerprint density at radius 3 is 2.64 bits per heavy atom. The van der Waals surface area contributed by atoms with E-state index in [1.165, 1.54) is 5.56 Å². The summed E-state index contributed by atoms with van der Waals surface area (Å²) >= 11 is 10.2. The highest BCUT2D eigenvalue weighted by Gasteiger charge is 2.12. The molecule has 0 amide bonds. The molecule has 2 nitrogen and oxygen atoms in total. The lowest BCUT2D eigenvalue weighted by Gasteiger charge is -2.05. The van der Waals surface area contributed by atoms with Gasteiger partial charge in [0.25, 0.3) is 0 Å². The fourth-order valence-electron chi connectivity index (χ4n) is 2.31. The van der Waals surface area contributed by atoms with Crippen LogP contribution in [-0.2, 0) is 6.42 Å². The van der Waals surface area contributed by atoms with Gasteiger partial charge >= 0.3 is 0 Å². The number of thioether (sulfide) groups is 1. The minimum atomic E-state index is 0.265. The molecule has 5 heteroatoms. The highest BCUT2D eigenvalue weighted by molar-refractivity contribution is 7.99. The molecule has 1 aromatic heterocycles. The summed E-state index contributed by atoms with van der Waals surface area (Å²) in [5.74, 6) is 1.21. The molecule has 22 heavy (non-hydrogen) atoms. The number of rotatable bonds is 5. The summed E-state index contributed by atoms with van der Waals surface area (Å²) in [6, 6.07) is 14.0. The van der Waals surface area contributed by atoms with Crippen molar-refractivity contribution in [3.05, 3.63) is 48.0 Å². The Labute approximate surface area is 144 Å². The maximum Gasteiger partial charge on any atom is 0.171 e. The number of phenols is 1. The lowest BCUT2D eigenvalue weighted by molar-refractivity contribution is 0.462. The Balaban J connectivity index is 1.65. The van der Waals surface area contributed by atoms with Gasteiger partial charge in [-0.25, -0.2) is 0 Å². The van der Waals surface area contributed by atoms with Gasteiger partial charge in [0.05, 0.1) is 9.79 Å². The van der Waals surface area contributed by atoms with Crippen molar-refractivity contribution in [1.82, 2.24) is 0 Å². The van der Waals surface area contributed by atoms with Crippen LogP contribution in [0, 0.1) is 0 Å². The average Bonchev–Trinajstić information content (AvgIpc) is 2.80. The molecule has 0 aliphatic carbocycles. The molecule has 114 valence electrons. The van der Waals surface area contributed by atoms with Crippen LogP contribution in [0.4, 0.5) is 0 Å². The largest absolute Gasteiger partial charge is 0.507 e. The number of aryl methyl sites for hydroxylation is 1. The van der Waals surface area contributed by atoms with Crippen LogP contribution >= 0.6 is 37.0 Å². The Hall–Kier alpha value is -1.17. The van der Waals surface area contributed by atoms with Crippen molar-refractivity contribution in [2.75, 3.05) is 5.75 Å². The van der Waals surface area contributed by atoms with Crippen LogP contribution in [0.15, 0.2) is 61.8 Å². The molecule has 0 radical (unpaired) electrons. The van der Waals surface area contributed by atoms with Crippen molar-refractivity contribution < 1.29 is 9.52 Å². The van der Waals surface area contributed by atoms with Gasteiger partial charge in [0.15, 0.2) is 5.09 Å². The second-order valence-corrected chi connectivity index (χ2v) is 7.00. The highest BCUT2D eigenvalue weighted by Crippen LogP contribution is 2.39. The summed E-state index contributed by atoms with van der Waals surface area (Å²) in [5, 5.41) is 11.4. The topological polar surface area (TPSA) is 33.4 Å². The summed E-state index contributed by atoms with van der Waals surface area (Å²) in [6.45, 7) is 0. The molecular weight excluding hydrogens is 332 g/mol. The summed E-state index contributed by atoms with van der Waals surface area (Å²) in [6.07, 6.45) is 2.10. The quantitative estimate of drug-likeness (QED) is 0.326. The monoisotopic (exact) mass is 348 g/mol. The number of phenolic OH excluding ortho intramolecular Hbond substituents is 1. The first-order chi connectivity index (χ1) is 10.6. The van der Waals surface area contributed by atoms with E-state index >= 15 is 0 Å². The molecule has 0 saturated carbocycles. The van der Waals surface area contributed by atoms with Crippen LogP contribution < -0.4 is 0 Å². The number of thiol groups is 2. The van der Waals surface area contributed by atoms with Gasteiger partial charge in [0, 0.05) is 5.39 Å². The maximum atomic E-state index is 10.1. The molecule has 0 atom stereocenters. The first kappa shape index (κ1) is 15.7. The van der Waals surface area contributed by atoms with Gasteiger partial charge in [0.1, 0.15) is 11.3 Å². The van der Waals surface area contributed by atoms with E-state index < -0.39 is 0 Å². The van der Waals surface area contributed by atoms with Gasteiger partial charge in [-0.3, -0.25) is 0 Å². The third-order valence-corrected chi connectivity index (χ3v) is 5.50. The number of furan rings is 1. The zero-order valence-electron chi connectivity index (χ0n) is 11.8. The normalized spacial score (nSPS) is 11.2. The highest BCUT2D eigenvalue weighted by atomic mass is 32.2. The molecule has 3 rings (SSSR count). The van der Waals surface area contributed by atoms with Gasteiger partial charge in [-0.05, 0) is 36.3 Å². The fourth-order valence-corrected chi connectivity index (χ4v) is 3.65. The zero-order chi connectivity index (χ0) is 15.5. The molecule has 1 heterocycles. The molecule has 0 aliphatic rings. The smallest absolute Gasteiger partial charge is 0.171 e. The van der Waals surface area contributed by atoms with E-state index in [2.05, 4.69) is 49.5 Å². The summed E-state index contributed by atoms with van der Waals surface area (Å²) in [7, 11) is 0. The van der Waals surface area contributed by atoms with Crippen molar-refractivity contribution in [3.8, 4) is 5.75 Å². The third kappa shape index (κ3) is 3.42. The fraction of sp³-hybridized carbons (Fsp3) is 0.176. The Morgan fingerprint density at radius 1 is 1.09 bits per heavy atom. The number of hydrogen-bond donors (Lipinski definition) is 3. The number of hydrogen-bond acceptors (Lipinski definition) is 5. The minimum absolute atomic E-state index is 0.265. The Morgan fingerprint density at radius 2 is 1.86 bits per heavy atom. The molecule has 0 saturated heterocycles. The molecule has 0 spiro atoms. The maximum absolute atomic E-state index is 10.1. The summed E-state index contributed by atoms with van der Waals surface area (Å²) in [4.78, 5) is 1.49. The molecule has 1 N–H and O–H groups in total. The Bertz CT molecular complexity index is 781. The van der Waals surface area contributed by atoms with Crippen LogP contribution in [0.1, 0.15) is 12.0 Å². The van der Waals surface area contributed by atoms with Crippen molar-refractivity contribution in [3.63, 3.8) is 0 Å². The lowest BCUT2D eigenvalue weighted by atomic mass is 10.1. The van der Waals surface area contributed by atoms with Crippen LogP contribution in [0.5, 0.6) is 5.75 Å². The summed E-state index contributed by atoms with van der Waals surface area (Å²) < 4.78 is 5.53. The van der Waals surface area contributed by atoms with E-state index in [9.17, 15) is 5.11 Å². The lowest BCUT2D eigenvalue weighted by Crippen LogP contribution is -1.87. The number of benzene rings is 2.